The summed E-state index contributed by atoms with van der Waals surface area (Å²) in [6.07, 6.45) is 2.83. The number of likely N-dealkylation sites (tertiary alicyclic amines) is 1. The second-order valence-corrected chi connectivity index (χ2v) is 7.25. The topological polar surface area (TPSA) is 54.5 Å². The van der Waals surface area contributed by atoms with Crippen LogP contribution in [0.1, 0.15) is 51.4 Å². The number of hydrogen-bond acceptors (Lipinski definition) is 4. The van der Waals surface area contributed by atoms with Gasteiger partial charge in [0.2, 0.25) is 0 Å². The van der Waals surface area contributed by atoms with Crippen molar-refractivity contribution in [1.29, 1.82) is 0 Å². The first-order valence-electron chi connectivity index (χ1n) is 8.47. The van der Waals surface area contributed by atoms with Crippen molar-refractivity contribution in [2.24, 2.45) is 0 Å². The van der Waals surface area contributed by atoms with Crippen molar-refractivity contribution < 1.29 is 9.53 Å². The van der Waals surface area contributed by atoms with E-state index in [2.05, 4.69) is 10.3 Å². The van der Waals surface area contributed by atoms with E-state index in [4.69, 9.17) is 4.74 Å². The molecule has 23 heavy (non-hydrogen) atoms. The van der Waals surface area contributed by atoms with Gasteiger partial charge in [0.05, 0.1) is 5.69 Å². The molecule has 1 aliphatic heterocycles. The first-order valence-corrected chi connectivity index (χ1v) is 8.47. The molecule has 2 heterocycles. The number of aromatic nitrogens is 1. The third-order valence-corrected chi connectivity index (χ3v) is 3.90. The molecule has 5 heteroatoms. The quantitative estimate of drug-likeness (QED) is 0.929. The summed E-state index contributed by atoms with van der Waals surface area (Å²) >= 11 is 0. The van der Waals surface area contributed by atoms with Crippen LogP contribution in [0.2, 0.25) is 0 Å². The molecule has 1 aliphatic rings. The number of carbonyl (C=O) groups excluding carboxylic acids is 1. The van der Waals surface area contributed by atoms with Crippen LogP contribution in [-0.4, -0.2) is 40.7 Å². The Hall–Kier alpha value is -1.62. The van der Waals surface area contributed by atoms with E-state index in [0.29, 0.717) is 6.04 Å². The minimum absolute atomic E-state index is 0.196. The van der Waals surface area contributed by atoms with Gasteiger partial charge in [0.1, 0.15) is 5.60 Å². The summed E-state index contributed by atoms with van der Waals surface area (Å²) in [5.41, 5.74) is 1.68. The normalized spacial score (nSPS) is 19.3. The Morgan fingerprint density at radius 2 is 2.13 bits per heavy atom. The second kappa shape index (κ2) is 7.77. The number of amides is 1. The van der Waals surface area contributed by atoms with Crippen LogP contribution >= 0.6 is 0 Å². The van der Waals surface area contributed by atoms with E-state index in [1.807, 2.05) is 50.8 Å². The monoisotopic (exact) mass is 319 g/mol. The van der Waals surface area contributed by atoms with Gasteiger partial charge in [0.25, 0.3) is 0 Å². The lowest BCUT2D eigenvalue weighted by Crippen LogP contribution is -2.38. The van der Waals surface area contributed by atoms with Gasteiger partial charge in [-0.15, -0.1) is 0 Å². The maximum Gasteiger partial charge on any atom is 0.410 e. The molecule has 128 valence electrons. The Kier molecular flexibility index (Phi) is 5.99. The van der Waals surface area contributed by atoms with Crippen LogP contribution in [0.4, 0.5) is 4.79 Å². The Morgan fingerprint density at radius 1 is 1.35 bits per heavy atom. The molecule has 1 amide bonds. The Bertz CT molecular complexity index is 525. The first-order chi connectivity index (χ1) is 10.8. The predicted octanol–water partition coefficient (Wildman–Crippen LogP) is 3.27. The lowest BCUT2D eigenvalue weighted by Gasteiger charge is -2.26. The van der Waals surface area contributed by atoms with Crippen molar-refractivity contribution in [2.45, 2.75) is 65.1 Å². The summed E-state index contributed by atoms with van der Waals surface area (Å²) in [6, 6.07) is 6.51. The fourth-order valence-corrected chi connectivity index (χ4v) is 2.76. The number of nitrogens with zero attached hydrogens (tertiary/aromatic N) is 2. The smallest absolute Gasteiger partial charge is 0.410 e. The van der Waals surface area contributed by atoms with Crippen LogP contribution in [0.15, 0.2) is 18.2 Å². The highest BCUT2D eigenvalue weighted by Gasteiger charge is 2.25. The SMILES string of the molecule is Cc1cccc(CNC2CCCN(C(=O)OC(C)(C)C)CC2)n1. The summed E-state index contributed by atoms with van der Waals surface area (Å²) < 4.78 is 5.47. The zero-order valence-electron chi connectivity index (χ0n) is 14.8. The molecule has 0 saturated carbocycles. The molecule has 0 bridgehead atoms. The van der Waals surface area contributed by atoms with Crippen molar-refractivity contribution in [3.05, 3.63) is 29.6 Å². The average Bonchev–Trinajstić information content (AvgIpc) is 2.69. The molecule has 5 nitrogen and oxygen atoms in total. The van der Waals surface area contributed by atoms with E-state index >= 15 is 0 Å². The molecule has 1 N–H and O–H groups in total. The van der Waals surface area contributed by atoms with Crippen molar-refractivity contribution >= 4 is 6.09 Å². The minimum atomic E-state index is -0.433. The summed E-state index contributed by atoms with van der Waals surface area (Å²) in [5, 5.41) is 3.57. The van der Waals surface area contributed by atoms with E-state index in [1.54, 1.807) is 0 Å². The maximum absolute atomic E-state index is 12.2. The van der Waals surface area contributed by atoms with Gasteiger partial charge in [-0.1, -0.05) is 6.07 Å². The molecule has 1 fully saturated rings. The van der Waals surface area contributed by atoms with Crippen molar-refractivity contribution in [2.75, 3.05) is 13.1 Å². The van der Waals surface area contributed by atoms with Crippen LogP contribution in [0.3, 0.4) is 0 Å². The third-order valence-electron chi connectivity index (χ3n) is 3.90. The molecular formula is C18H29N3O2. The lowest BCUT2D eigenvalue weighted by atomic mass is 10.1. The van der Waals surface area contributed by atoms with Gasteiger partial charge in [-0.25, -0.2) is 4.79 Å². The van der Waals surface area contributed by atoms with Crippen LogP contribution < -0.4 is 5.32 Å². The number of aryl methyl sites for hydroxylation is 1. The molecule has 1 aromatic rings. The number of hydrogen-bond donors (Lipinski definition) is 1. The molecule has 1 atom stereocenters. The molecule has 0 aliphatic carbocycles. The highest BCUT2D eigenvalue weighted by atomic mass is 16.6. The van der Waals surface area contributed by atoms with E-state index < -0.39 is 5.60 Å². The number of ether oxygens (including phenoxy) is 1. The molecule has 1 unspecified atom stereocenters. The second-order valence-electron chi connectivity index (χ2n) is 7.25. The van der Waals surface area contributed by atoms with Gasteiger partial charge in [0, 0.05) is 31.4 Å². The van der Waals surface area contributed by atoms with Gasteiger partial charge < -0.3 is 15.0 Å². The summed E-state index contributed by atoms with van der Waals surface area (Å²) in [6.45, 7) is 10.0. The Labute approximate surface area is 139 Å². The number of nitrogens with one attached hydrogen (secondary N) is 1. The Balaban J connectivity index is 1.80. The summed E-state index contributed by atoms with van der Waals surface area (Å²) in [4.78, 5) is 18.5. The number of pyridine rings is 1. The van der Waals surface area contributed by atoms with E-state index in [-0.39, 0.29) is 6.09 Å². The van der Waals surface area contributed by atoms with Crippen LogP contribution in [0.25, 0.3) is 0 Å². The molecule has 1 saturated heterocycles. The molecular weight excluding hydrogens is 290 g/mol. The largest absolute Gasteiger partial charge is 0.444 e. The number of carbonyl (C=O) groups is 1. The van der Waals surface area contributed by atoms with Crippen LogP contribution in [0.5, 0.6) is 0 Å². The highest BCUT2D eigenvalue weighted by Crippen LogP contribution is 2.16. The first kappa shape index (κ1) is 17.7. The van der Waals surface area contributed by atoms with Gasteiger partial charge in [0.15, 0.2) is 0 Å². The van der Waals surface area contributed by atoms with Gasteiger partial charge in [-0.05, 0) is 59.1 Å². The van der Waals surface area contributed by atoms with Crippen molar-refractivity contribution in [3.8, 4) is 0 Å². The van der Waals surface area contributed by atoms with Crippen LogP contribution in [0, 0.1) is 6.92 Å². The average molecular weight is 319 g/mol. The molecule has 0 radical (unpaired) electrons. The lowest BCUT2D eigenvalue weighted by molar-refractivity contribution is 0.0256. The summed E-state index contributed by atoms with van der Waals surface area (Å²) in [7, 11) is 0. The zero-order valence-corrected chi connectivity index (χ0v) is 14.8. The fourth-order valence-electron chi connectivity index (χ4n) is 2.76. The van der Waals surface area contributed by atoms with Crippen LogP contribution in [-0.2, 0) is 11.3 Å². The van der Waals surface area contributed by atoms with Crippen molar-refractivity contribution in [1.82, 2.24) is 15.2 Å². The van der Waals surface area contributed by atoms with Gasteiger partial charge in [-0.3, -0.25) is 4.98 Å². The summed E-state index contributed by atoms with van der Waals surface area (Å²) in [5.74, 6) is 0. The van der Waals surface area contributed by atoms with Gasteiger partial charge in [-0.2, -0.15) is 0 Å². The molecule has 0 aromatic carbocycles. The molecule has 1 aromatic heterocycles. The van der Waals surface area contributed by atoms with Crippen molar-refractivity contribution in [3.63, 3.8) is 0 Å². The third kappa shape index (κ3) is 6.18. The fraction of sp³-hybridized carbons (Fsp3) is 0.667. The number of rotatable bonds is 3. The van der Waals surface area contributed by atoms with E-state index in [9.17, 15) is 4.79 Å². The standard InChI is InChI=1S/C18H29N3O2/c1-14-7-5-8-16(20-14)13-19-15-9-6-11-21(12-10-15)17(22)23-18(2,3)4/h5,7-8,15,19H,6,9-13H2,1-4H3. The Morgan fingerprint density at radius 3 is 2.83 bits per heavy atom. The highest BCUT2D eigenvalue weighted by molar-refractivity contribution is 5.68. The van der Waals surface area contributed by atoms with E-state index in [0.717, 1.165) is 50.3 Å². The minimum Gasteiger partial charge on any atom is -0.444 e. The zero-order chi connectivity index (χ0) is 16.9. The predicted molar refractivity (Wildman–Crippen MR) is 91.3 cm³/mol. The molecule has 2 rings (SSSR count). The van der Waals surface area contributed by atoms with E-state index in [1.165, 1.54) is 0 Å². The van der Waals surface area contributed by atoms with Gasteiger partial charge >= 0.3 is 6.09 Å². The molecule has 0 spiro atoms. The maximum atomic E-state index is 12.2.